The molecule has 2 rings (SSSR count). The molecule has 0 aromatic heterocycles. The van der Waals surface area contributed by atoms with Crippen LogP contribution in [0.5, 0.6) is 0 Å². The average molecular weight is 274 g/mol. The van der Waals surface area contributed by atoms with Crippen LogP contribution in [-0.4, -0.2) is 34.4 Å². The molecule has 1 fully saturated rings. The Labute approximate surface area is 118 Å². The Bertz CT molecular complexity index is 502. The average Bonchev–Trinajstić information content (AvgIpc) is 2.38. The summed E-state index contributed by atoms with van der Waals surface area (Å²) in [4.78, 5) is 14.2. The van der Waals surface area contributed by atoms with E-state index in [2.05, 4.69) is 19.9 Å². The number of rotatable bonds is 2. The molecule has 1 aliphatic rings. The first kappa shape index (κ1) is 14.0. The van der Waals surface area contributed by atoms with E-state index in [-0.39, 0.29) is 10.7 Å². The molecule has 0 atom stereocenters. The number of thioether (sulfide) groups is 1. The Hall–Kier alpha value is -1.47. The maximum Gasteiger partial charge on any atom is 0.227 e. The van der Waals surface area contributed by atoms with E-state index in [1.165, 1.54) is 0 Å². The van der Waals surface area contributed by atoms with Gasteiger partial charge in [0.05, 0.1) is 18.1 Å². The van der Waals surface area contributed by atoms with Gasteiger partial charge in [-0.25, -0.2) is 0 Å². The van der Waals surface area contributed by atoms with E-state index in [9.17, 15) is 4.79 Å². The van der Waals surface area contributed by atoms with Crippen LogP contribution in [0.4, 0.5) is 0 Å². The monoisotopic (exact) mass is 274 g/mol. The molecule has 0 N–H and O–H groups in total. The summed E-state index contributed by atoms with van der Waals surface area (Å²) in [5.41, 5.74) is 1.60. The molecule has 1 aromatic rings. The van der Waals surface area contributed by atoms with E-state index >= 15 is 0 Å². The molecule has 0 spiro atoms. The predicted molar refractivity (Wildman–Crippen MR) is 78.0 cm³/mol. The fourth-order valence-corrected chi connectivity index (χ4v) is 3.32. The number of carbonyl (C=O) groups excluding carboxylic acids is 1. The zero-order valence-corrected chi connectivity index (χ0v) is 12.2. The Balaban J connectivity index is 1.98. The largest absolute Gasteiger partial charge is 0.340 e. The highest BCUT2D eigenvalue weighted by atomic mass is 32.2. The number of benzene rings is 1. The van der Waals surface area contributed by atoms with Gasteiger partial charge in [0.2, 0.25) is 5.91 Å². The van der Waals surface area contributed by atoms with Crippen LogP contribution < -0.4 is 0 Å². The van der Waals surface area contributed by atoms with Crippen LogP contribution in [0.1, 0.15) is 25.0 Å². The molecule has 1 amide bonds. The lowest BCUT2D eigenvalue weighted by Crippen LogP contribution is -2.46. The normalized spacial score (nSPS) is 17.8. The second-order valence-electron chi connectivity index (χ2n) is 5.41. The quantitative estimate of drug-likeness (QED) is 0.832. The number of nitriles is 1. The summed E-state index contributed by atoms with van der Waals surface area (Å²) in [6.07, 6.45) is 0.423. The van der Waals surface area contributed by atoms with Crippen molar-refractivity contribution in [1.29, 1.82) is 5.26 Å². The molecule has 0 bridgehead atoms. The Morgan fingerprint density at radius 3 is 2.68 bits per heavy atom. The van der Waals surface area contributed by atoms with Crippen LogP contribution in [0.3, 0.4) is 0 Å². The third kappa shape index (κ3) is 3.74. The predicted octanol–water partition coefficient (Wildman–Crippen LogP) is 2.45. The molecule has 1 aromatic carbocycles. The minimum absolute atomic E-state index is 0.151. The highest BCUT2D eigenvalue weighted by molar-refractivity contribution is 8.00. The molecule has 100 valence electrons. The molecular weight excluding hydrogens is 256 g/mol. The summed E-state index contributed by atoms with van der Waals surface area (Å²) in [7, 11) is 0. The first-order valence-corrected chi connectivity index (χ1v) is 7.39. The van der Waals surface area contributed by atoms with Gasteiger partial charge in [-0.3, -0.25) is 4.79 Å². The van der Waals surface area contributed by atoms with Gasteiger partial charge in [-0.1, -0.05) is 12.1 Å². The van der Waals surface area contributed by atoms with E-state index in [1.54, 1.807) is 12.1 Å². The summed E-state index contributed by atoms with van der Waals surface area (Å²) in [6, 6.07) is 9.33. The lowest BCUT2D eigenvalue weighted by atomic mass is 10.1. The molecule has 1 saturated heterocycles. The maximum absolute atomic E-state index is 12.3. The van der Waals surface area contributed by atoms with E-state index in [0.717, 1.165) is 24.4 Å². The third-order valence-corrected chi connectivity index (χ3v) is 4.51. The van der Waals surface area contributed by atoms with Gasteiger partial charge in [0, 0.05) is 23.6 Å². The van der Waals surface area contributed by atoms with Crippen molar-refractivity contribution in [2.24, 2.45) is 0 Å². The summed E-state index contributed by atoms with van der Waals surface area (Å²) in [5.74, 6) is 1.18. The SMILES string of the molecule is CC1(C)CN(C(=O)Cc2ccc(C#N)cc2)CCS1. The summed E-state index contributed by atoms with van der Waals surface area (Å²) in [5, 5.41) is 8.74. The molecular formula is C15H18N2OS. The first-order valence-electron chi connectivity index (χ1n) is 6.41. The van der Waals surface area contributed by atoms with E-state index < -0.39 is 0 Å². The number of hydrogen-bond acceptors (Lipinski definition) is 3. The highest BCUT2D eigenvalue weighted by Crippen LogP contribution is 2.29. The lowest BCUT2D eigenvalue weighted by molar-refractivity contribution is -0.130. The van der Waals surface area contributed by atoms with Gasteiger partial charge in [-0.05, 0) is 31.5 Å². The van der Waals surface area contributed by atoms with Crippen molar-refractivity contribution in [1.82, 2.24) is 4.90 Å². The molecule has 19 heavy (non-hydrogen) atoms. The Morgan fingerprint density at radius 2 is 2.11 bits per heavy atom. The number of nitrogens with zero attached hydrogens (tertiary/aromatic N) is 2. The van der Waals surface area contributed by atoms with E-state index in [4.69, 9.17) is 5.26 Å². The zero-order valence-electron chi connectivity index (χ0n) is 11.3. The van der Waals surface area contributed by atoms with Crippen LogP contribution in [0.2, 0.25) is 0 Å². The fourth-order valence-electron chi connectivity index (χ4n) is 2.21. The maximum atomic E-state index is 12.3. The second kappa shape index (κ2) is 5.66. The summed E-state index contributed by atoms with van der Waals surface area (Å²) in [6.45, 7) is 6.01. The molecule has 0 aliphatic carbocycles. The van der Waals surface area contributed by atoms with Gasteiger partial charge in [0.25, 0.3) is 0 Å². The van der Waals surface area contributed by atoms with Crippen molar-refractivity contribution in [3.05, 3.63) is 35.4 Å². The standard InChI is InChI=1S/C15H18N2OS/c1-15(2)11-17(7-8-19-15)14(18)9-12-3-5-13(10-16)6-4-12/h3-6H,7-9,11H2,1-2H3. The van der Waals surface area contributed by atoms with Crippen LogP contribution in [0, 0.1) is 11.3 Å². The Kier molecular flexibility index (Phi) is 4.16. The second-order valence-corrected chi connectivity index (χ2v) is 7.21. The topological polar surface area (TPSA) is 44.1 Å². The number of hydrogen-bond donors (Lipinski definition) is 0. The molecule has 0 unspecified atom stereocenters. The first-order chi connectivity index (χ1) is 9.00. The molecule has 1 heterocycles. The van der Waals surface area contributed by atoms with Gasteiger partial charge >= 0.3 is 0 Å². The Morgan fingerprint density at radius 1 is 1.42 bits per heavy atom. The van der Waals surface area contributed by atoms with Gasteiger partial charge in [-0.2, -0.15) is 17.0 Å². The molecule has 1 aliphatic heterocycles. The van der Waals surface area contributed by atoms with Gasteiger partial charge < -0.3 is 4.90 Å². The van der Waals surface area contributed by atoms with Gasteiger partial charge in [0.15, 0.2) is 0 Å². The summed E-state index contributed by atoms with van der Waals surface area (Å²) < 4.78 is 0.151. The van der Waals surface area contributed by atoms with Crippen molar-refractivity contribution in [3.63, 3.8) is 0 Å². The minimum Gasteiger partial charge on any atom is -0.340 e. The van der Waals surface area contributed by atoms with Crippen molar-refractivity contribution < 1.29 is 4.79 Å². The van der Waals surface area contributed by atoms with Gasteiger partial charge in [0.1, 0.15) is 0 Å². The van der Waals surface area contributed by atoms with Crippen LogP contribution in [0.15, 0.2) is 24.3 Å². The number of amides is 1. The zero-order chi connectivity index (χ0) is 13.9. The highest BCUT2D eigenvalue weighted by Gasteiger charge is 2.29. The van der Waals surface area contributed by atoms with Crippen molar-refractivity contribution in [3.8, 4) is 6.07 Å². The third-order valence-electron chi connectivity index (χ3n) is 3.22. The van der Waals surface area contributed by atoms with Gasteiger partial charge in [-0.15, -0.1) is 0 Å². The van der Waals surface area contributed by atoms with E-state index in [0.29, 0.717) is 12.0 Å². The molecule has 4 heteroatoms. The lowest BCUT2D eigenvalue weighted by Gasteiger charge is -2.37. The summed E-state index contributed by atoms with van der Waals surface area (Å²) >= 11 is 1.92. The van der Waals surface area contributed by atoms with Crippen molar-refractivity contribution in [2.45, 2.75) is 25.0 Å². The fraction of sp³-hybridized carbons (Fsp3) is 0.467. The molecule has 0 saturated carbocycles. The van der Waals surface area contributed by atoms with Crippen molar-refractivity contribution in [2.75, 3.05) is 18.8 Å². The molecule has 3 nitrogen and oxygen atoms in total. The van der Waals surface area contributed by atoms with Crippen molar-refractivity contribution >= 4 is 17.7 Å². The van der Waals surface area contributed by atoms with Crippen LogP contribution >= 0.6 is 11.8 Å². The van der Waals surface area contributed by atoms with Crippen LogP contribution in [-0.2, 0) is 11.2 Å². The smallest absolute Gasteiger partial charge is 0.227 e. The molecule has 0 radical (unpaired) electrons. The van der Waals surface area contributed by atoms with E-state index in [1.807, 2.05) is 28.8 Å². The minimum atomic E-state index is 0.151. The van der Waals surface area contributed by atoms with Crippen LogP contribution in [0.25, 0.3) is 0 Å². The number of carbonyl (C=O) groups is 1.